The summed E-state index contributed by atoms with van der Waals surface area (Å²) in [4.78, 5) is 18.0. The van der Waals surface area contributed by atoms with Gasteiger partial charge in [0, 0.05) is 26.6 Å². The first-order valence-electron chi connectivity index (χ1n) is 5.98. The number of nitrogens with one attached hydrogen (secondary N) is 1. The maximum atomic E-state index is 12.1. The molecule has 1 aliphatic heterocycles. The lowest BCUT2D eigenvalue weighted by molar-refractivity contribution is 0.0713. The number of nitrogens with zero attached hydrogens (tertiary/aromatic N) is 3. The standard InChI is InChI=1S/C11H18N4O2/c1-3-4-9-12-10(14-13-9)11(16)15-6-5-8(7-15)17-2/h8H,3-7H2,1-2H3,(H,12,13,14). The van der Waals surface area contributed by atoms with E-state index in [0.29, 0.717) is 6.54 Å². The van der Waals surface area contributed by atoms with Gasteiger partial charge in [-0.25, -0.2) is 4.98 Å². The Morgan fingerprint density at radius 2 is 2.47 bits per heavy atom. The van der Waals surface area contributed by atoms with Crippen LogP contribution in [0.2, 0.25) is 0 Å². The van der Waals surface area contributed by atoms with E-state index >= 15 is 0 Å². The van der Waals surface area contributed by atoms with Gasteiger partial charge in [0.05, 0.1) is 6.10 Å². The van der Waals surface area contributed by atoms with Gasteiger partial charge in [-0.3, -0.25) is 9.89 Å². The summed E-state index contributed by atoms with van der Waals surface area (Å²) < 4.78 is 5.23. The van der Waals surface area contributed by atoms with E-state index in [2.05, 4.69) is 22.1 Å². The summed E-state index contributed by atoms with van der Waals surface area (Å²) >= 11 is 0. The first kappa shape index (κ1) is 12.0. The Hall–Kier alpha value is -1.43. The summed E-state index contributed by atoms with van der Waals surface area (Å²) in [6, 6.07) is 0. The van der Waals surface area contributed by atoms with Gasteiger partial charge in [-0.1, -0.05) is 6.92 Å². The number of rotatable bonds is 4. The normalized spacial score (nSPS) is 19.9. The van der Waals surface area contributed by atoms with Crippen LogP contribution in [0.1, 0.15) is 36.2 Å². The molecule has 6 heteroatoms. The highest BCUT2D eigenvalue weighted by molar-refractivity contribution is 5.90. The Labute approximate surface area is 100 Å². The lowest BCUT2D eigenvalue weighted by Crippen LogP contribution is -2.30. The van der Waals surface area contributed by atoms with Crippen LogP contribution in [0, 0.1) is 0 Å². The molecule has 17 heavy (non-hydrogen) atoms. The Morgan fingerprint density at radius 1 is 1.65 bits per heavy atom. The summed E-state index contributed by atoms with van der Waals surface area (Å²) in [6.07, 6.45) is 2.83. The fourth-order valence-corrected chi connectivity index (χ4v) is 1.99. The van der Waals surface area contributed by atoms with Crippen LogP contribution in [0.25, 0.3) is 0 Å². The summed E-state index contributed by atoms with van der Waals surface area (Å²) in [5, 5.41) is 6.76. The third kappa shape index (κ3) is 2.63. The minimum Gasteiger partial charge on any atom is -0.380 e. The van der Waals surface area contributed by atoms with Crippen LogP contribution in [-0.4, -0.2) is 52.3 Å². The zero-order chi connectivity index (χ0) is 12.3. The maximum absolute atomic E-state index is 12.1. The molecule has 0 aliphatic carbocycles. The smallest absolute Gasteiger partial charge is 0.293 e. The van der Waals surface area contributed by atoms with Crippen molar-refractivity contribution in [3.05, 3.63) is 11.6 Å². The van der Waals surface area contributed by atoms with Gasteiger partial charge in [-0.05, 0) is 12.8 Å². The highest BCUT2D eigenvalue weighted by atomic mass is 16.5. The summed E-state index contributed by atoms with van der Waals surface area (Å²) in [5.41, 5.74) is 0. The van der Waals surface area contributed by atoms with Crippen LogP contribution in [0.15, 0.2) is 0 Å². The molecule has 1 aliphatic rings. The number of aromatic amines is 1. The van der Waals surface area contributed by atoms with Crippen molar-refractivity contribution in [1.29, 1.82) is 0 Å². The number of carbonyl (C=O) groups excluding carboxylic acids is 1. The largest absolute Gasteiger partial charge is 0.380 e. The van der Waals surface area contributed by atoms with Gasteiger partial charge in [-0.2, -0.15) is 0 Å². The maximum Gasteiger partial charge on any atom is 0.293 e. The molecule has 0 radical (unpaired) electrons. The zero-order valence-electron chi connectivity index (χ0n) is 10.3. The number of H-pyrrole nitrogens is 1. The van der Waals surface area contributed by atoms with Gasteiger partial charge in [0.2, 0.25) is 5.82 Å². The molecule has 0 saturated carbocycles. The molecule has 1 saturated heterocycles. The first-order valence-corrected chi connectivity index (χ1v) is 5.98. The van der Waals surface area contributed by atoms with E-state index in [1.165, 1.54) is 0 Å². The average molecular weight is 238 g/mol. The van der Waals surface area contributed by atoms with Gasteiger partial charge in [0.25, 0.3) is 5.91 Å². The summed E-state index contributed by atoms with van der Waals surface area (Å²) in [6.45, 7) is 3.41. The highest BCUT2D eigenvalue weighted by Crippen LogP contribution is 2.13. The molecule has 2 rings (SSSR count). The molecule has 94 valence electrons. The second kappa shape index (κ2) is 5.27. The van der Waals surface area contributed by atoms with E-state index in [9.17, 15) is 4.79 Å². The molecule has 1 atom stereocenters. The Morgan fingerprint density at radius 3 is 3.12 bits per heavy atom. The Kier molecular flexibility index (Phi) is 3.73. The predicted molar refractivity (Wildman–Crippen MR) is 61.7 cm³/mol. The number of ether oxygens (including phenoxy) is 1. The van der Waals surface area contributed by atoms with Crippen molar-refractivity contribution in [2.45, 2.75) is 32.3 Å². The second-order valence-electron chi connectivity index (χ2n) is 4.25. The molecule has 1 fully saturated rings. The number of aryl methyl sites for hydroxylation is 1. The molecule has 0 spiro atoms. The quantitative estimate of drug-likeness (QED) is 0.834. The van der Waals surface area contributed by atoms with Crippen LogP contribution in [0.3, 0.4) is 0 Å². The number of aromatic nitrogens is 3. The van der Waals surface area contributed by atoms with Crippen LogP contribution >= 0.6 is 0 Å². The molecule has 1 aromatic rings. The minimum atomic E-state index is -0.108. The van der Waals surface area contributed by atoms with E-state index in [4.69, 9.17) is 4.74 Å². The van der Waals surface area contributed by atoms with Gasteiger partial charge in [-0.15, -0.1) is 5.10 Å². The number of carbonyl (C=O) groups is 1. The highest BCUT2D eigenvalue weighted by Gasteiger charge is 2.28. The van der Waals surface area contributed by atoms with Crippen LogP contribution in [0.5, 0.6) is 0 Å². The number of methoxy groups -OCH3 is 1. The summed E-state index contributed by atoms with van der Waals surface area (Å²) in [5.74, 6) is 0.937. The lowest BCUT2D eigenvalue weighted by atomic mass is 10.3. The zero-order valence-corrected chi connectivity index (χ0v) is 10.3. The molecule has 1 unspecified atom stereocenters. The van der Waals surface area contributed by atoms with E-state index < -0.39 is 0 Å². The molecule has 0 aromatic carbocycles. The third-order valence-electron chi connectivity index (χ3n) is 2.98. The van der Waals surface area contributed by atoms with Crippen molar-refractivity contribution >= 4 is 5.91 Å². The van der Waals surface area contributed by atoms with Crippen molar-refractivity contribution in [2.24, 2.45) is 0 Å². The number of hydrogen-bond donors (Lipinski definition) is 1. The molecule has 1 amide bonds. The first-order chi connectivity index (χ1) is 8.24. The summed E-state index contributed by atoms with van der Waals surface area (Å²) in [7, 11) is 1.67. The molecule has 2 heterocycles. The van der Waals surface area contributed by atoms with Crippen LogP contribution in [0.4, 0.5) is 0 Å². The van der Waals surface area contributed by atoms with Crippen molar-refractivity contribution < 1.29 is 9.53 Å². The second-order valence-corrected chi connectivity index (χ2v) is 4.25. The van der Waals surface area contributed by atoms with Crippen molar-refractivity contribution in [1.82, 2.24) is 20.1 Å². The Balaban J connectivity index is 1.99. The van der Waals surface area contributed by atoms with E-state index in [-0.39, 0.29) is 17.8 Å². The molecular weight excluding hydrogens is 220 g/mol. The topological polar surface area (TPSA) is 71.1 Å². The predicted octanol–water partition coefficient (Wildman–Crippen LogP) is 0.618. The Bertz CT molecular complexity index is 391. The van der Waals surface area contributed by atoms with Crippen molar-refractivity contribution in [3.8, 4) is 0 Å². The van der Waals surface area contributed by atoms with E-state index in [0.717, 1.165) is 31.6 Å². The number of amides is 1. The van der Waals surface area contributed by atoms with E-state index in [1.54, 1.807) is 12.0 Å². The van der Waals surface area contributed by atoms with Gasteiger partial charge < -0.3 is 9.64 Å². The monoisotopic (exact) mass is 238 g/mol. The van der Waals surface area contributed by atoms with Gasteiger partial charge in [0.15, 0.2) is 0 Å². The van der Waals surface area contributed by atoms with Crippen molar-refractivity contribution in [2.75, 3.05) is 20.2 Å². The van der Waals surface area contributed by atoms with Crippen molar-refractivity contribution in [3.63, 3.8) is 0 Å². The fraction of sp³-hybridized carbons (Fsp3) is 0.727. The molecule has 0 bridgehead atoms. The molecule has 1 aromatic heterocycles. The SMILES string of the molecule is CCCc1nc(C(=O)N2CCC(OC)C2)n[nH]1. The molecular formula is C11H18N4O2. The van der Waals surface area contributed by atoms with Gasteiger partial charge >= 0.3 is 0 Å². The third-order valence-corrected chi connectivity index (χ3v) is 2.98. The average Bonchev–Trinajstić information content (AvgIpc) is 2.97. The lowest BCUT2D eigenvalue weighted by Gasteiger charge is -2.13. The van der Waals surface area contributed by atoms with Crippen LogP contribution < -0.4 is 0 Å². The fourth-order valence-electron chi connectivity index (χ4n) is 1.99. The molecule has 6 nitrogen and oxygen atoms in total. The minimum absolute atomic E-state index is 0.108. The van der Waals surface area contributed by atoms with Gasteiger partial charge in [0.1, 0.15) is 5.82 Å². The molecule has 1 N–H and O–H groups in total. The van der Waals surface area contributed by atoms with E-state index in [1.807, 2.05) is 0 Å². The van der Waals surface area contributed by atoms with Crippen LogP contribution in [-0.2, 0) is 11.2 Å². The number of likely N-dealkylation sites (tertiary alicyclic amines) is 1. The number of hydrogen-bond acceptors (Lipinski definition) is 4.